The van der Waals surface area contributed by atoms with Crippen molar-refractivity contribution in [2.75, 3.05) is 18.2 Å². The third-order valence-corrected chi connectivity index (χ3v) is 4.92. The minimum atomic E-state index is -0.867. The first kappa shape index (κ1) is 18.6. The zero-order chi connectivity index (χ0) is 19.4. The Morgan fingerprint density at radius 2 is 1.78 bits per heavy atom. The topological polar surface area (TPSA) is 132 Å². The summed E-state index contributed by atoms with van der Waals surface area (Å²) < 4.78 is 5.12. The summed E-state index contributed by atoms with van der Waals surface area (Å²) in [6.07, 6.45) is 0. The fraction of sp³-hybridized carbons (Fsp3) is 0.167. The monoisotopic (exact) mass is 385 g/mol. The molecule has 2 aromatic carbocycles. The van der Waals surface area contributed by atoms with Crippen molar-refractivity contribution in [3.8, 4) is 5.75 Å². The lowest BCUT2D eigenvalue weighted by Gasteiger charge is -2.16. The van der Waals surface area contributed by atoms with Crippen LogP contribution in [0.15, 0.2) is 53.5 Å². The molecule has 0 radical (unpaired) electrons. The van der Waals surface area contributed by atoms with E-state index < -0.39 is 17.3 Å². The Morgan fingerprint density at radius 1 is 1.11 bits per heavy atom. The minimum Gasteiger partial charge on any atom is -0.497 e. The highest BCUT2D eigenvalue weighted by Gasteiger charge is 2.35. The van der Waals surface area contributed by atoms with Crippen LogP contribution in [0.2, 0.25) is 0 Å². The highest BCUT2D eigenvalue weighted by molar-refractivity contribution is 8.15. The van der Waals surface area contributed by atoms with E-state index in [-0.39, 0.29) is 5.91 Å². The zero-order valence-corrected chi connectivity index (χ0v) is 15.3. The van der Waals surface area contributed by atoms with Crippen molar-refractivity contribution in [2.45, 2.75) is 11.4 Å². The summed E-state index contributed by atoms with van der Waals surface area (Å²) in [6, 6.07) is 12.9. The summed E-state index contributed by atoms with van der Waals surface area (Å²) in [5, 5.41) is 5.79. The lowest BCUT2D eigenvalue weighted by molar-refractivity contribution is -0.119. The molecular weight excluding hydrogens is 366 g/mol. The van der Waals surface area contributed by atoms with Crippen molar-refractivity contribution >= 4 is 40.1 Å². The molecule has 0 aliphatic carbocycles. The van der Waals surface area contributed by atoms with E-state index in [0.29, 0.717) is 16.4 Å². The van der Waals surface area contributed by atoms with Gasteiger partial charge in [-0.05, 0) is 48.5 Å². The van der Waals surface area contributed by atoms with Gasteiger partial charge in [-0.15, -0.1) is 0 Å². The fourth-order valence-corrected chi connectivity index (χ4v) is 3.52. The minimum absolute atomic E-state index is 0.334. The molecule has 6 N–H and O–H groups in total. The van der Waals surface area contributed by atoms with E-state index in [0.717, 1.165) is 11.4 Å². The number of carbonyl (C=O) groups excluding carboxylic acids is 2. The number of carbonyl (C=O) groups is 2. The number of primary amides is 1. The number of ether oxygens (including phenoxy) is 1. The van der Waals surface area contributed by atoms with E-state index in [4.69, 9.17) is 16.2 Å². The Morgan fingerprint density at radius 3 is 2.37 bits per heavy atom. The van der Waals surface area contributed by atoms with Gasteiger partial charge in [0.15, 0.2) is 11.2 Å². The fourth-order valence-electron chi connectivity index (χ4n) is 2.44. The molecule has 2 unspecified atom stereocenters. The highest BCUT2D eigenvalue weighted by Crippen LogP contribution is 2.27. The molecule has 8 nitrogen and oxygen atoms in total. The van der Waals surface area contributed by atoms with Crippen LogP contribution in [0.3, 0.4) is 0 Å². The number of amidine groups is 1. The van der Waals surface area contributed by atoms with E-state index in [1.165, 1.54) is 11.8 Å². The van der Waals surface area contributed by atoms with Gasteiger partial charge in [-0.3, -0.25) is 9.59 Å². The van der Waals surface area contributed by atoms with Gasteiger partial charge < -0.3 is 26.8 Å². The third-order valence-electron chi connectivity index (χ3n) is 3.86. The molecule has 0 saturated carbocycles. The van der Waals surface area contributed by atoms with Gasteiger partial charge in [0.25, 0.3) is 5.91 Å². The van der Waals surface area contributed by atoms with Crippen LogP contribution in [-0.4, -0.2) is 35.5 Å². The number of amides is 2. The molecular formula is C18H19N5O3S. The first-order chi connectivity index (χ1) is 13.0. The van der Waals surface area contributed by atoms with E-state index in [2.05, 4.69) is 15.6 Å². The van der Waals surface area contributed by atoms with E-state index in [1.807, 2.05) is 12.1 Å². The molecule has 140 valence electrons. The lowest BCUT2D eigenvalue weighted by Crippen LogP contribution is -2.44. The average Bonchev–Trinajstić information content (AvgIpc) is 3.05. The number of hydrogen-bond acceptors (Lipinski definition) is 7. The molecule has 1 aliphatic rings. The van der Waals surface area contributed by atoms with Crippen molar-refractivity contribution in [1.29, 1.82) is 0 Å². The normalized spacial score (nSPS) is 18.5. The van der Waals surface area contributed by atoms with Gasteiger partial charge in [0.2, 0.25) is 5.91 Å². The van der Waals surface area contributed by atoms with Crippen molar-refractivity contribution in [3.05, 3.63) is 54.1 Å². The number of benzene rings is 2. The molecule has 2 aromatic rings. The standard InChI is InChI=1S/C18H19N5O3S/c1-26-13-8-6-12(7-9-13)21-18-22-14(15(20)24)17(27-18)23-16(25)10-2-4-11(19)5-3-10/h2-9,14,17H,19H2,1H3,(H2,20,24)(H,21,22)(H,23,25). The second-order valence-corrected chi connectivity index (χ2v) is 6.90. The van der Waals surface area contributed by atoms with Gasteiger partial charge in [0.1, 0.15) is 11.1 Å². The SMILES string of the molecule is COc1ccc(NC2=NC(C(N)=O)C(NC(=O)c3ccc(N)cc3)S2)cc1. The zero-order valence-electron chi connectivity index (χ0n) is 14.5. The summed E-state index contributed by atoms with van der Waals surface area (Å²) in [6.45, 7) is 0. The number of rotatable bonds is 5. The van der Waals surface area contributed by atoms with Crippen LogP contribution in [0.1, 0.15) is 10.4 Å². The number of thioether (sulfide) groups is 1. The maximum absolute atomic E-state index is 12.4. The van der Waals surface area contributed by atoms with E-state index in [1.54, 1.807) is 43.5 Å². The molecule has 2 amide bonds. The molecule has 0 saturated heterocycles. The number of anilines is 2. The van der Waals surface area contributed by atoms with Gasteiger partial charge in [-0.25, -0.2) is 4.99 Å². The smallest absolute Gasteiger partial charge is 0.252 e. The van der Waals surface area contributed by atoms with Crippen LogP contribution in [0.4, 0.5) is 11.4 Å². The Labute approximate surface area is 160 Å². The Bertz CT molecular complexity index is 868. The number of aliphatic imine (C=N–C) groups is 1. The van der Waals surface area contributed by atoms with Crippen LogP contribution in [0.25, 0.3) is 0 Å². The highest BCUT2D eigenvalue weighted by atomic mass is 32.2. The molecule has 1 aliphatic heterocycles. The van der Waals surface area contributed by atoms with Gasteiger partial charge in [0, 0.05) is 16.9 Å². The molecule has 1 heterocycles. The quantitative estimate of drug-likeness (QED) is 0.575. The second kappa shape index (κ2) is 8.00. The van der Waals surface area contributed by atoms with Crippen LogP contribution >= 0.6 is 11.8 Å². The Hall–Kier alpha value is -3.20. The number of hydrogen-bond donors (Lipinski definition) is 4. The number of nitrogens with two attached hydrogens (primary N) is 2. The molecule has 0 spiro atoms. The van der Waals surface area contributed by atoms with Crippen molar-refractivity contribution < 1.29 is 14.3 Å². The number of nitrogens with one attached hydrogen (secondary N) is 2. The third kappa shape index (κ3) is 4.50. The first-order valence-corrected chi connectivity index (χ1v) is 8.95. The van der Waals surface area contributed by atoms with E-state index >= 15 is 0 Å². The largest absolute Gasteiger partial charge is 0.497 e. The summed E-state index contributed by atoms with van der Waals surface area (Å²) in [5.41, 5.74) is 12.8. The lowest BCUT2D eigenvalue weighted by atomic mass is 10.2. The van der Waals surface area contributed by atoms with Crippen LogP contribution in [0.5, 0.6) is 5.75 Å². The predicted molar refractivity (Wildman–Crippen MR) is 107 cm³/mol. The van der Waals surface area contributed by atoms with Gasteiger partial charge in [0.05, 0.1) is 7.11 Å². The predicted octanol–water partition coefficient (Wildman–Crippen LogP) is 1.40. The maximum Gasteiger partial charge on any atom is 0.252 e. The number of nitrogens with zero attached hydrogens (tertiary/aromatic N) is 1. The molecule has 0 fully saturated rings. The molecule has 27 heavy (non-hydrogen) atoms. The maximum atomic E-state index is 12.4. The van der Waals surface area contributed by atoms with Gasteiger partial charge >= 0.3 is 0 Å². The van der Waals surface area contributed by atoms with Crippen molar-refractivity contribution in [3.63, 3.8) is 0 Å². The van der Waals surface area contributed by atoms with Crippen LogP contribution in [-0.2, 0) is 4.79 Å². The Kier molecular flexibility index (Phi) is 5.51. The summed E-state index contributed by atoms with van der Waals surface area (Å²) >= 11 is 1.23. The number of methoxy groups -OCH3 is 1. The van der Waals surface area contributed by atoms with Crippen molar-refractivity contribution in [2.24, 2.45) is 10.7 Å². The first-order valence-electron chi connectivity index (χ1n) is 8.07. The summed E-state index contributed by atoms with van der Waals surface area (Å²) in [5.74, 6) is -0.221. The second-order valence-electron chi connectivity index (χ2n) is 5.77. The van der Waals surface area contributed by atoms with Gasteiger partial charge in [-0.2, -0.15) is 0 Å². The Balaban J connectivity index is 1.68. The van der Waals surface area contributed by atoms with Crippen LogP contribution in [0, 0.1) is 0 Å². The molecule has 0 aromatic heterocycles. The number of nitrogen functional groups attached to an aromatic ring is 1. The van der Waals surface area contributed by atoms with Crippen molar-refractivity contribution in [1.82, 2.24) is 5.32 Å². The summed E-state index contributed by atoms with van der Waals surface area (Å²) in [4.78, 5) is 28.5. The summed E-state index contributed by atoms with van der Waals surface area (Å²) in [7, 11) is 1.59. The molecule has 9 heteroatoms. The van der Waals surface area contributed by atoms with E-state index in [9.17, 15) is 9.59 Å². The van der Waals surface area contributed by atoms with Crippen LogP contribution < -0.4 is 26.8 Å². The molecule has 2 atom stereocenters. The molecule has 3 rings (SSSR count). The molecule has 0 bridgehead atoms. The average molecular weight is 385 g/mol. The van der Waals surface area contributed by atoms with Gasteiger partial charge in [-0.1, -0.05) is 11.8 Å².